The largest absolute Gasteiger partial charge is 0.488 e. The van der Waals surface area contributed by atoms with Crippen LogP contribution in [0, 0.1) is 11.6 Å². The van der Waals surface area contributed by atoms with Crippen molar-refractivity contribution in [2.45, 2.75) is 31.6 Å². The Balaban J connectivity index is 1.58. The number of ether oxygens (including phenoxy) is 2. The van der Waals surface area contributed by atoms with E-state index in [1.807, 2.05) is 11.0 Å². The van der Waals surface area contributed by atoms with Crippen LogP contribution in [-0.4, -0.2) is 48.5 Å². The fraction of sp³-hybridized carbons (Fsp3) is 0.429. The Morgan fingerprint density at radius 1 is 1.19 bits per heavy atom. The molecule has 3 rings (SSSR count). The summed E-state index contributed by atoms with van der Waals surface area (Å²) in [6.07, 6.45) is 1.30. The summed E-state index contributed by atoms with van der Waals surface area (Å²) < 4.78 is 38.2. The van der Waals surface area contributed by atoms with Gasteiger partial charge in [0, 0.05) is 26.2 Å². The van der Waals surface area contributed by atoms with E-state index in [4.69, 9.17) is 9.47 Å². The fourth-order valence-corrected chi connectivity index (χ4v) is 3.27. The van der Waals surface area contributed by atoms with Gasteiger partial charge in [-0.05, 0) is 42.7 Å². The summed E-state index contributed by atoms with van der Waals surface area (Å²) >= 11 is 0. The topological polar surface area (TPSA) is 41.9 Å². The van der Waals surface area contributed by atoms with E-state index in [0.717, 1.165) is 25.0 Å². The first-order valence-corrected chi connectivity index (χ1v) is 9.24. The highest BCUT2D eigenvalue weighted by atomic mass is 19.1. The Morgan fingerprint density at radius 2 is 2.04 bits per heavy atom. The number of benzene rings is 2. The molecule has 0 amide bonds. The number of para-hydroxylation sites is 1. The van der Waals surface area contributed by atoms with Crippen LogP contribution >= 0.6 is 0 Å². The minimum Gasteiger partial charge on any atom is -0.488 e. The van der Waals surface area contributed by atoms with Gasteiger partial charge in [-0.25, -0.2) is 8.78 Å². The summed E-state index contributed by atoms with van der Waals surface area (Å²) in [7, 11) is 0. The van der Waals surface area contributed by atoms with E-state index in [-0.39, 0.29) is 24.3 Å². The fourth-order valence-electron chi connectivity index (χ4n) is 3.27. The Labute approximate surface area is 158 Å². The average Bonchev–Trinajstić information content (AvgIpc) is 3.14. The third-order valence-corrected chi connectivity index (χ3v) is 4.52. The highest BCUT2D eigenvalue weighted by Gasteiger charge is 2.22. The molecule has 0 saturated carbocycles. The minimum atomic E-state index is -0.806. The summed E-state index contributed by atoms with van der Waals surface area (Å²) in [5, 5.41) is 10.4. The molecule has 6 heteroatoms. The van der Waals surface area contributed by atoms with Crippen LogP contribution in [0.25, 0.3) is 0 Å². The van der Waals surface area contributed by atoms with Gasteiger partial charge in [0.2, 0.25) is 0 Å². The van der Waals surface area contributed by atoms with Crippen LogP contribution in [0.1, 0.15) is 18.4 Å². The van der Waals surface area contributed by atoms with E-state index in [1.54, 1.807) is 18.2 Å². The molecule has 0 aromatic heterocycles. The van der Waals surface area contributed by atoms with Crippen molar-refractivity contribution in [2.75, 3.05) is 26.3 Å². The van der Waals surface area contributed by atoms with Crippen LogP contribution in [0.5, 0.6) is 5.75 Å². The Hall–Kier alpha value is -2.02. The van der Waals surface area contributed by atoms with Gasteiger partial charge in [0.15, 0.2) is 11.6 Å². The van der Waals surface area contributed by atoms with Crippen LogP contribution in [0.4, 0.5) is 8.78 Å². The van der Waals surface area contributed by atoms with Crippen molar-refractivity contribution in [3.8, 4) is 5.75 Å². The van der Waals surface area contributed by atoms with Gasteiger partial charge in [0.25, 0.3) is 0 Å². The van der Waals surface area contributed by atoms with Gasteiger partial charge >= 0.3 is 0 Å². The molecule has 0 radical (unpaired) electrons. The van der Waals surface area contributed by atoms with E-state index in [1.165, 1.54) is 24.3 Å². The van der Waals surface area contributed by atoms with E-state index in [2.05, 4.69) is 0 Å². The predicted octanol–water partition coefficient (Wildman–Crippen LogP) is 3.39. The number of hydrogen-bond acceptors (Lipinski definition) is 4. The molecule has 2 aromatic rings. The smallest absolute Gasteiger partial charge is 0.165 e. The van der Waals surface area contributed by atoms with Crippen LogP contribution in [0.15, 0.2) is 48.5 Å². The highest BCUT2D eigenvalue weighted by molar-refractivity contribution is 5.23. The summed E-state index contributed by atoms with van der Waals surface area (Å²) in [5.74, 6) is -0.624. The second kappa shape index (κ2) is 9.78. The maximum atomic E-state index is 13.6. The van der Waals surface area contributed by atoms with Crippen molar-refractivity contribution < 1.29 is 23.4 Å². The molecule has 1 aliphatic heterocycles. The molecule has 1 aliphatic rings. The zero-order valence-electron chi connectivity index (χ0n) is 15.2. The van der Waals surface area contributed by atoms with Crippen molar-refractivity contribution in [2.24, 2.45) is 0 Å². The van der Waals surface area contributed by atoms with E-state index in [0.29, 0.717) is 19.6 Å². The van der Waals surface area contributed by atoms with Gasteiger partial charge in [-0.2, -0.15) is 0 Å². The van der Waals surface area contributed by atoms with Crippen LogP contribution in [-0.2, 0) is 11.3 Å². The van der Waals surface area contributed by atoms with Gasteiger partial charge in [-0.3, -0.25) is 4.90 Å². The molecule has 0 bridgehead atoms. The van der Waals surface area contributed by atoms with Gasteiger partial charge in [-0.15, -0.1) is 0 Å². The van der Waals surface area contributed by atoms with Crippen LogP contribution in [0.2, 0.25) is 0 Å². The lowest BCUT2D eigenvalue weighted by Crippen LogP contribution is -2.39. The molecule has 1 N–H and O–H groups in total. The van der Waals surface area contributed by atoms with E-state index < -0.39 is 11.9 Å². The first kappa shape index (κ1) is 19.7. The normalized spacial score (nSPS) is 18.0. The van der Waals surface area contributed by atoms with Gasteiger partial charge in [0.05, 0.1) is 6.10 Å². The lowest BCUT2D eigenvalue weighted by atomic mass is 10.1. The predicted molar refractivity (Wildman–Crippen MR) is 98.6 cm³/mol. The molecule has 1 saturated heterocycles. The minimum absolute atomic E-state index is 0.0217. The van der Waals surface area contributed by atoms with Crippen molar-refractivity contribution in [1.82, 2.24) is 4.90 Å². The van der Waals surface area contributed by atoms with E-state index in [9.17, 15) is 13.9 Å². The SMILES string of the molecule is OC(COc1ccccc1F)CN(Cc1cccc(F)c1)CC1CCCO1. The number of hydrogen-bond donors (Lipinski definition) is 1. The van der Waals surface area contributed by atoms with Crippen molar-refractivity contribution in [1.29, 1.82) is 0 Å². The standard InChI is InChI=1S/C21H25F2NO3/c22-17-6-3-5-16(11-17)12-24(14-19-7-4-10-26-19)13-18(25)15-27-21-9-2-1-8-20(21)23/h1-3,5-6,8-9,11,18-19,25H,4,7,10,12-15H2. The highest BCUT2D eigenvalue weighted by Crippen LogP contribution is 2.18. The van der Waals surface area contributed by atoms with Crippen LogP contribution < -0.4 is 4.74 Å². The van der Waals surface area contributed by atoms with Gasteiger partial charge in [-0.1, -0.05) is 24.3 Å². The Kier molecular flexibility index (Phi) is 7.15. The average molecular weight is 377 g/mol. The molecule has 1 fully saturated rings. The monoisotopic (exact) mass is 377 g/mol. The van der Waals surface area contributed by atoms with Crippen molar-refractivity contribution >= 4 is 0 Å². The second-order valence-electron chi connectivity index (χ2n) is 6.85. The molecule has 0 spiro atoms. The number of nitrogens with zero attached hydrogens (tertiary/aromatic N) is 1. The number of halogens is 2. The van der Waals surface area contributed by atoms with Gasteiger partial charge in [0.1, 0.15) is 18.5 Å². The molecule has 2 atom stereocenters. The zero-order chi connectivity index (χ0) is 19.1. The third kappa shape index (κ3) is 6.27. The second-order valence-corrected chi connectivity index (χ2v) is 6.85. The summed E-state index contributed by atoms with van der Waals surface area (Å²) in [6, 6.07) is 12.5. The molecule has 2 unspecified atom stereocenters. The first-order valence-electron chi connectivity index (χ1n) is 9.24. The zero-order valence-corrected chi connectivity index (χ0v) is 15.2. The maximum Gasteiger partial charge on any atom is 0.165 e. The summed E-state index contributed by atoms with van der Waals surface area (Å²) in [6.45, 7) is 2.19. The van der Waals surface area contributed by atoms with Gasteiger partial charge < -0.3 is 14.6 Å². The molecule has 2 aromatic carbocycles. The van der Waals surface area contributed by atoms with Crippen LogP contribution in [0.3, 0.4) is 0 Å². The molecule has 4 nitrogen and oxygen atoms in total. The molecule has 146 valence electrons. The Bertz CT molecular complexity index is 722. The summed E-state index contributed by atoms with van der Waals surface area (Å²) in [5.41, 5.74) is 0.829. The lowest BCUT2D eigenvalue weighted by Gasteiger charge is -2.27. The number of aliphatic hydroxyl groups excluding tert-OH is 1. The number of aliphatic hydroxyl groups is 1. The number of rotatable bonds is 9. The van der Waals surface area contributed by atoms with Crippen molar-refractivity contribution in [3.05, 3.63) is 65.7 Å². The first-order chi connectivity index (χ1) is 13.1. The quantitative estimate of drug-likeness (QED) is 0.727. The molecule has 1 heterocycles. The molecule has 27 heavy (non-hydrogen) atoms. The van der Waals surface area contributed by atoms with E-state index >= 15 is 0 Å². The maximum absolute atomic E-state index is 13.6. The summed E-state index contributed by atoms with van der Waals surface area (Å²) in [4.78, 5) is 2.03. The lowest BCUT2D eigenvalue weighted by molar-refractivity contribution is 0.0308. The Morgan fingerprint density at radius 3 is 2.78 bits per heavy atom. The molecule has 0 aliphatic carbocycles. The van der Waals surface area contributed by atoms with Crippen molar-refractivity contribution in [3.63, 3.8) is 0 Å². The molecular formula is C21H25F2NO3. The molecular weight excluding hydrogens is 352 g/mol. The third-order valence-electron chi connectivity index (χ3n) is 4.52.